The Morgan fingerprint density at radius 2 is 0.884 bits per heavy atom. The van der Waals surface area contributed by atoms with Crippen LogP contribution in [0.25, 0.3) is 142 Å². The van der Waals surface area contributed by atoms with E-state index in [0.717, 1.165) is 60.6 Å². The van der Waals surface area contributed by atoms with Gasteiger partial charge in [0.15, 0.2) is 17.5 Å². The molecule has 6 heteroatoms. The summed E-state index contributed by atoms with van der Waals surface area (Å²) in [6, 6.07) is 80.9. The van der Waals surface area contributed by atoms with Crippen molar-refractivity contribution in [2.24, 2.45) is 0 Å². The molecule has 0 saturated heterocycles. The van der Waals surface area contributed by atoms with Crippen LogP contribution in [0.5, 0.6) is 0 Å². The maximum atomic E-state index is 5.59. The monoisotopic (exact) mass is 895 g/mol. The molecular weight excluding hydrogens is 859 g/mol. The van der Waals surface area contributed by atoms with Gasteiger partial charge in [-0.05, 0) is 105 Å². The van der Waals surface area contributed by atoms with Gasteiger partial charge in [0.2, 0.25) is 0 Å². The molecule has 0 aliphatic heterocycles. The normalized spacial score (nSPS) is 12.1. The minimum absolute atomic E-state index is 0.626. The molecule has 4 heterocycles. The van der Waals surface area contributed by atoms with Crippen molar-refractivity contribution < 1.29 is 0 Å². The van der Waals surface area contributed by atoms with Crippen LogP contribution < -0.4 is 0 Å². The minimum atomic E-state index is 0.626. The number of rotatable bonds is 5. The van der Waals surface area contributed by atoms with E-state index >= 15 is 0 Å². The molecule has 4 aromatic heterocycles. The zero-order chi connectivity index (χ0) is 45.2. The Hall–Kier alpha value is -8.97. The number of nitrogens with zero attached hydrogens (tertiary/aromatic N) is 5. The van der Waals surface area contributed by atoms with Crippen LogP contribution in [0.15, 0.2) is 224 Å². The summed E-state index contributed by atoms with van der Waals surface area (Å²) >= 11 is 1.84. The summed E-state index contributed by atoms with van der Waals surface area (Å²) in [5.74, 6) is 1.88. The molecular formula is C63H37N5S. The first-order valence-electron chi connectivity index (χ1n) is 23.3. The number of para-hydroxylation sites is 3. The number of thiophene rings is 1. The summed E-state index contributed by atoms with van der Waals surface area (Å²) in [6.07, 6.45) is 0. The third-order valence-corrected chi connectivity index (χ3v) is 15.3. The van der Waals surface area contributed by atoms with Crippen molar-refractivity contribution in [3.8, 4) is 45.5 Å². The van der Waals surface area contributed by atoms with Gasteiger partial charge in [0.05, 0.1) is 32.5 Å². The first kappa shape index (κ1) is 38.2. The van der Waals surface area contributed by atoms with Gasteiger partial charge in [-0.1, -0.05) is 152 Å². The fourth-order valence-corrected chi connectivity index (χ4v) is 12.2. The van der Waals surface area contributed by atoms with Crippen LogP contribution in [-0.2, 0) is 0 Å². The van der Waals surface area contributed by atoms with E-state index in [1.165, 1.54) is 63.5 Å². The van der Waals surface area contributed by atoms with E-state index in [-0.39, 0.29) is 0 Å². The lowest BCUT2D eigenvalue weighted by atomic mass is 10.0. The van der Waals surface area contributed by atoms with Gasteiger partial charge < -0.3 is 9.13 Å². The Bertz CT molecular complexity index is 4620. The van der Waals surface area contributed by atoms with E-state index in [0.29, 0.717) is 17.5 Å². The molecule has 0 saturated carbocycles. The smallest absolute Gasteiger partial charge is 0.164 e. The largest absolute Gasteiger partial charge is 0.309 e. The quantitative estimate of drug-likeness (QED) is 0.173. The first-order valence-corrected chi connectivity index (χ1v) is 24.2. The van der Waals surface area contributed by atoms with E-state index in [4.69, 9.17) is 15.0 Å². The predicted molar refractivity (Wildman–Crippen MR) is 290 cm³/mol. The Morgan fingerprint density at radius 1 is 0.319 bits per heavy atom. The van der Waals surface area contributed by atoms with E-state index in [1.807, 2.05) is 11.3 Å². The van der Waals surface area contributed by atoms with E-state index in [9.17, 15) is 0 Å². The van der Waals surface area contributed by atoms with Gasteiger partial charge in [-0.3, -0.25) is 0 Å². The molecule has 0 bridgehead atoms. The average Bonchev–Trinajstić information content (AvgIpc) is 4.07. The van der Waals surface area contributed by atoms with Gasteiger partial charge in [-0.2, -0.15) is 0 Å². The van der Waals surface area contributed by atoms with E-state index in [2.05, 4.69) is 234 Å². The molecule has 69 heavy (non-hydrogen) atoms. The van der Waals surface area contributed by atoms with Crippen LogP contribution in [0.1, 0.15) is 0 Å². The van der Waals surface area contributed by atoms with Gasteiger partial charge in [0.1, 0.15) is 0 Å². The molecule has 0 atom stereocenters. The second-order valence-electron chi connectivity index (χ2n) is 18.0. The predicted octanol–water partition coefficient (Wildman–Crippen LogP) is 16.9. The van der Waals surface area contributed by atoms with Crippen molar-refractivity contribution in [1.29, 1.82) is 0 Å². The third-order valence-electron chi connectivity index (χ3n) is 14.1. The highest BCUT2D eigenvalue weighted by molar-refractivity contribution is 7.26. The Balaban J connectivity index is 1.05. The van der Waals surface area contributed by atoms with Crippen LogP contribution >= 0.6 is 11.3 Å². The fourth-order valence-electron chi connectivity index (χ4n) is 11.0. The molecule has 320 valence electrons. The van der Waals surface area contributed by atoms with Crippen LogP contribution in [0.2, 0.25) is 0 Å². The van der Waals surface area contributed by atoms with Crippen molar-refractivity contribution in [1.82, 2.24) is 24.1 Å². The van der Waals surface area contributed by atoms with Crippen LogP contribution in [0, 0.1) is 0 Å². The molecule has 5 nitrogen and oxygen atoms in total. The van der Waals surface area contributed by atoms with Crippen molar-refractivity contribution in [2.75, 3.05) is 0 Å². The SMILES string of the molecule is c1ccc(-n2c3ccccc3c3c(-c4nc(-c5ccc6ccccc6c5)nc(-c5ccc(-n6c7ccccc7c7cc8ccccc8cc76)c6sc7cc8ccccc8cc7c56)n4)cccc32)cc1. The molecule has 0 aliphatic carbocycles. The molecule has 0 unspecified atom stereocenters. The van der Waals surface area contributed by atoms with Crippen LogP contribution in [0.4, 0.5) is 0 Å². The lowest BCUT2D eigenvalue weighted by Crippen LogP contribution is -2.02. The van der Waals surface area contributed by atoms with Gasteiger partial charge in [-0.15, -0.1) is 11.3 Å². The first-order chi connectivity index (χ1) is 34.2. The highest BCUT2D eigenvalue weighted by Crippen LogP contribution is 2.47. The second kappa shape index (κ2) is 14.8. The zero-order valence-corrected chi connectivity index (χ0v) is 37.8. The number of aromatic nitrogens is 5. The van der Waals surface area contributed by atoms with Crippen molar-refractivity contribution in [3.63, 3.8) is 0 Å². The molecule has 11 aromatic carbocycles. The number of fused-ring (bicyclic) bond motifs is 12. The molecule has 0 aliphatic rings. The lowest BCUT2D eigenvalue weighted by molar-refractivity contribution is 1.08. The Morgan fingerprint density at radius 3 is 1.64 bits per heavy atom. The third kappa shape index (κ3) is 5.79. The van der Waals surface area contributed by atoms with E-state index in [1.54, 1.807) is 0 Å². The average molecular weight is 896 g/mol. The maximum Gasteiger partial charge on any atom is 0.164 e. The highest BCUT2D eigenvalue weighted by atomic mass is 32.1. The summed E-state index contributed by atoms with van der Waals surface area (Å²) in [7, 11) is 0. The molecule has 0 fully saturated rings. The van der Waals surface area contributed by atoms with Crippen LogP contribution in [-0.4, -0.2) is 24.1 Å². The molecule has 0 amide bonds. The number of hydrogen-bond acceptors (Lipinski definition) is 4. The summed E-state index contributed by atoms with van der Waals surface area (Å²) in [5, 5.41) is 14.2. The van der Waals surface area contributed by atoms with Gasteiger partial charge >= 0.3 is 0 Å². The fraction of sp³-hybridized carbons (Fsp3) is 0. The lowest BCUT2D eigenvalue weighted by Gasteiger charge is -2.14. The minimum Gasteiger partial charge on any atom is -0.309 e. The molecule has 15 rings (SSSR count). The molecule has 0 N–H and O–H groups in total. The summed E-state index contributed by atoms with van der Waals surface area (Å²) in [6.45, 7) is 0. The summed E-state index contributed by atoms with van der Waals surface area (Å²) in [5.41, 5.74) is 9.65. The van der Waals surface area contributed by atoms with Gasteiger partial charge in [0, 0.05) is 59.4 Å². The van der Waals surface area contributed by atoms with Crippen molar-refractivity contribution in [2.45, 2.75) is 0 Å². The topological polar surface area (TPSA) is 48.5 Å². The van der Waals surface area contributed by atoms with Gasteiger partial charge in [0.25, 0.3) is 0 Å². The number of benzene rings is 11. The second-order valence-corrected chi connectivity index (χ2v) is 19.0. The Labute approximate surface area is 399 Å². The van der Waals surface area contributed by atoms with E-state index < -0.39 is 0 Å². The highest BCUT2D eigenvalue weighted by Gasteiger charge is 2.24. The van der Waals surface area contributed by atoms with Crippen molar-refractivity contribution >= 4 is 107 Å². The van der Waals surface area contributed by atoms with Crippen molar-refractivity contribution in [3.05, 3.63) is 224 Å². The summed E-state index contributed by atoms with van der Waals surface area (Å²) in [4.78, 5) is 16.5. The van der Waals surface area contributed by atoms with Gasteiger partial charge in [-0.25, -0.2) is 15.0 Å². The summed E-state index contributed by atoms with van der Waals surface area (Å²) < 4.78 is 7.21. The van der Waals surface area contributed by atoms with Crippen LogP contribution in [0.3, 0.4) is 0 Å². The maximum absolute atomic E-state index is 5.59. The number of hydrogen-bond donors (Lipinski definition) is 0. The molecule has 0 radical (unpaired) electrons. The standard InChI is InChI=1S/C63H37N5S/c1-2-21-45(22-3-1)67-53-27-13-11-24-47(53)58-48(25-14-28-54(58)67)62-64-61(44-30-29-38-15-4-5-16-39(38)33-44)65-63(66-62)49-31-32-55(60-59(49)51-35-41-18-7-9-20-43(41)37-57(51)69-60)68-52-26-12-10-23-46(52)50-34-40-17-6-8-19-42(40)36-56(50)68/h1-37H. The zero-order valence-electron chi connectivity index (χ0n) is 37.0. The Kier molecular flexibility index (Phi) is 8.17. The molecule has 0 spiro atoms. The molecule has 15 aromatic rings.